The number of hydrogen-bond donors (Lipinski definition) is 0. The van der Waals surface area contributed by atoms with E-state index in [0.29, 0.717) is 17.5 Å². The summed E-state index contributed by atoms with van der Waals surface area (Å²) in [4.78, 5) is 15.5. The molecule has 0 fully saturated rings. The van der Waals surface area contributed by atoms with Gasteiger partial charge in [-0.2, -0.15) is 0 Å². The third-order valence-electron chi connectivity index (χ3n) is 10.3. The highest BCUT2D eigenvalue weighted by Gasteiger charge is 2.17. The van der Waals surface area contributed by atoms with Gasteiger partial charge < -0.3 is 0 Å². The van der Waals surface area contributed by atoms with E-state index in [9.17, 15) is 0 Å². The average Bonchev–Trinajstić information content (AvgIpc) is 3.27. The van der Waals surface area contributed by atoms with Gasteiger partial charge in [0.15, 0.2) is 17.5 Å². The highest BCUT2D eigenvalue weighted by Crippen LogP contribution is 2.38. The Morgan fingerprint density at radius 3 is 1.19 bits per heavy atom. The summed E-state index contributed by atoms with van der Waals surface area (Å²) < 4.78 is 0. The molecule has 3 heteroatoms. The van der Waals surface area contributed by atoms with Gasteiger partial charge >= 0.3 is 0 Å². The smallest absolute Gasteiger partial charge is 0.164 e. The molecule has 0 N–H and O–H groups in total. The second kappa shape index (κ2) is 13.4. The Labute approximate surface area is 313 Å². The average molecular weight is 688 g/mol. The Morgan fingerprint density at radius 2 is 0.593 bits per heavy atom. The van der Waals surface area contributed by atoms with E-state index in [2.05, 4.69) is 182 Å². The van der Waals surface area contributed by atoms with Crippen LogP contribution in [0.4, 0.5) is 0 Å². The largest absolute Gasteiger partial charge is 0.208 e. The molecule has 252 valence electrons. The maximum Gasteiger partial charge on any atom is 0.164 e. The molecule has 0 saturated carbocycles. The van der Waals surface area contributed by atoms with Gasteiger partial charge in [-0.05, 0) is 83.9 Å². The third kappa shape index (κ3) is 5.69. The fourth-order valence-electron chi connectivity index (χ4n) is 7.70. The normalized spacial score (nSPS) is 11.3. The van der Waals surface area contributed by atoms with Crippen LogP contribution in [0.15, 0.2) is 200 Å². The molecule has 0 amide bonds. The van der Waals surface area contributed by atoms with Gasteiger partial charge in [0, 0.05) is 16.7 Å². The predicted octanol–water partition coefficient (Wildman–Crippen LogP) is 13.3. The zero-order valence-electron chi connectivity index (χ0n) is 29.4. The van der Waals surface area contributed by atoms with Gasteiger partial charge in [0.2, 0.25) is 0 Å². The lowest BCUT2D eigenvalue weighted by Crippen LogP contribution is -2.01. The number of nitrogens with zero attached hydrogens (tertiary/aromatic N) is 3. The molecule has 0 bridgehead atoms. The first-order valence-corrected chi connectivity index (χ1v) is 18.3. The summed E-state index contributed by atoms with van der Waals surface area (Å²) in [5.41, 5.74) is 9.51. The highest BCUT2D eigenvalue weighted by atomic mass is 15.0. The molecule has 0 atom stereocenters. The predicted molar refractivity (Wildman–Crippen MR) is 225 cm³/mol. The zero-order chi connectivity index (χ0) is 35.8. The molecule has 10 aromatic rings. The van der Waals surface area contributed by atoms with Crippen molar-refractivity contribution in [1.29, 1.82) is 0 Å². The molecule has 9 aromatic carbocycles. The summed E-state index contributed by atoms with van der Waals surface area (Å²) in [6.07, 6.45) is 0. The van der Waals surface area contributed by atoms with Crippen LogP contribution in [0.5, 0.6) is 0 Å². The molecular weight excluding hydrogens is 655 g/mol. The van der Waals surface area contributed by atoms with E-state index in [-0.39, 0.29) is 0 Å². The van der Waals surface area contributed by atoms with Crippen molar-refractivity contribution in [3.8, 4) is 67.5 Å². The van der Waals surface area contributed by atoms with Crippen LogP contribution in [0, 0.1) is 0 Å². The Balaban J connectivity index is 1.14. The van der Waals surface area contributed by atoms with Crippen molar-refractivity contribution >= 4 is 32.3 Å². The SMILES string of the molecule is c1ccc(-c2cccc(-c3nc(-c4cccc(-c5ccc6c7ccccc7c7ccccc7c6c5)c4)nc(-c4ccccc4-c4ccccc4)n3)c2)cc1. The standard InChI is InChI=1S/C51H33N3/c1-3-15-34(16-4-1)36-19-13-21-39(31-36)49-52-50(54-51(53-49)47-28-12-7-23-41(47)35-17-5-2-6-18-35)40-22-14-20-37(32-40)38-29-30-46-44-26-9-8-24-42(44)43-25-10-11-27-45(43)48(46)33-38/h1-33H. The summed E-state index contributed by atoms with van der Waals surface area (Å²) in [6.45, 7) is 0. The lowest BCUT2D eigenvalue weighted by atomic mass is 9.92. The van der Waals surface area contributed by atoms with Gasteiger partial charge in [-0.25, -0.2) is 15.0 Å². The summed E-state index contributed by atoms with van der Waals surface area (Å²) in [6, 6.07) is 70.5. The van der Waals surface area contributed by atoms with Crippen LogP contribution in [0.3, 0.4) is 0 Å². The summed E-state index contributed by atoms with van der Waals surface area (Å²) in [5, 5.41) is 7.57. The number of benzene rings is 9. The molecule has 1 aromatic heterocycles. The quantitative estimate of drug-likeness (QED) is 0.163. The van der Waals surface area contributed by atoms with E-state index in [1.807, 2.05) is 18.2 Å². The Bertz CT molecular complexity index is 2950. The van der Waals surface area contributed by atoms with Gasteiger partial charge in [-0.1, -0.05) is 182 Å². The number of hydrogen-bond acceptors (Lipinski definition) is 3. The lowest BCUT2D eigenvalue weighted by Gasteiger charge is -2.14. The van der Waals surface area contributed by atoms with Crippen LogP contribution < -0.4 is 0 Å². The summed E-state index contributed by atoms with van der Waals surface area (Å²) in [5.74, 6) is 1.89. The second-order valence-electron chi connectivity index (χ2n) is 13.6. The van der Waals surface area contributed by atoms with Gasteiger partial charge in [0.05, 0.1) is 0 Å². The number of fused-ring (bicyclic) bond motifs is 6. The molecular formula is C51H33N3. The first-order chi connectivity index (χ1) is 26.8. The van der Waals surface area contributed by atoms with Crippen LogP contribution in [0.1, 0.15) is 0 Å². The van der Waals surface area contributed by atoms with Crippen molar-refractivity contribution in [3.63, 3.8) is 0 Å². The minimum absolute atomic E-state index is 0.627. The number of rotatable bonds is 6. The fourth-order valence-corrected chi connectivity index (χ4v) is 7.70. The van der Waals surface area contributed by atoms with Gasteiger partial charge in [0.1, 0.15) is 0 Å². The van der Waals surface area contributed by atoms with Gasteiger partial charge in [0.25, 0.3) is 0 Å². The molecule has 10 rings (SSSR count). The van der Waals surface area contributed by atoms with Crippen LogP contribution in [0.2, 0.25) is 0 Å². The van der Waals surface area contributed by atoms with Crippen LogP contribution in [0.25, 0.3) is 99.9 Å². The second-order valence-corrected chi connectivity index (χ2v) is 13.6. The minimum atomic E-state index is 0.627. The Morgan fingerprint density at radius 1 is 0.204 bits per heavy atom. The first kappa shape index (κ1) is 31.5. The topological polar surface area (TPSA) is 38.7 Å². The molecule has 3 nitrogen and oxygen atoms in total. The van der Waals surface area contributed by atoms with E-state index in [0.717, 1.165) is 50.1 Å². The van der Waals surface area contributed by atoms with E-state index in [1.165, 1.54) is 32.3 Å². The molecule has 0 aliphatic heterocycles. The van der Waals surface area contributed by atoms with E-state index < -0.39 is 0 Å². The Kier molecular flexibility index (Phi) is 7.81. The Hall–Kier alpha value is -7.23. The lowest BCUT2D eigenvalue weighted by molar-refractivity contribution is 1.07. The van der Waals surface area contributed by atoms with Crippen LogP contribution in [-0.4, -0.2) is 15.0 Å². The van der Waals surface area contributed by atoms with Gasteiger partial charge in [-0.15, -0.1) is 0 Å². The first-order valence-electron chi connectivity index (χ1n) is 18.3. The van der Waals surface area contributed by atoms with Crippen LogP contribution >= 0.6 is 0 Å². The van der Waals surface area contributed by atoms with Crippen LogP contribution in [-0.2, 0) is 0 Å². The zero-order valence-corrected chi connectivity index (χ0v) is 29.4. The van der Waals surface area contributed by atoms with Crippen molar-refractivity contribution < 1.29 is 0 Å². The fraction of sp³-hybridized carbons (Fsp3) is 0. The maximum absolute atomic E-state index is 5.20. The molecule has 54 heavy (non-hydrogen) atoms. The maximum atomic E-state index is 5.20. The van der Waals surface area contributed by atoms with E-state index in [1.54, 1.807) is 0 Å². The number of aromatic nitrogens is 3. The third-order valence-corrected chi connectivity index (χ3v) is 10.3. The minimum Gasteiger partial charge on any atom is -0.208 e. The van der Waals surface area contributed by atoms with Gasteiger partial charge in [-0.3, -0.25) is 0 Å². The van der Waals surface area contributed by atoms with Crippen molar-refractivity contribution in [2.75, 3.05) is 0 Å². The van der Waals surface area contributed by atoms with E-state index in [4.69, 9.17) is 15.0 Å². The van der Waals surface area contributed by atoms with Crippen molar-refractivity contribution in [1.82, 2.24) is 15.0 Å². The summed E-state index contributed by atoms with van der Waals surface area (Å²) >= 11 is 0. The monoisotopic (exact) mass is 687 g/mol. The molecule has 0 aliphatic rings. The molecule has 0 radical (unpaired) electrons. The molecule has 0 spiro atoms. The molecule has 0 saturated heterocycles. The highest BCUT2D eigenvalue weighted by molar-refractivity contribution is 6.25. The molecule has 0 unspecified atom stereocenters. The van der Waals surface area contributed by atoms with Crippen molar-refractivity contribution in [2.24, 2.45) is 0 Å². The molecule has 0 aliphatic carbocycles. The molecule has 1 heterocycles. The van der Waals surface area contributed by atoms with Crippen molar-refractivity contribution in [3.05, 3.63) is 200 Å². The van der Waals surface area contributed by atoms with E-state index >= 15 is 0 Å². The van der Waals surface area contributed by atoms with Crippen molar-refractivity contribution in [2.45, 2.75) is 0 Å². The summed E-state index contributed by atoms with van der Waals surface area (Å²) in [7, 11) is 0.